The van der Waals surface area contributed by atoms with Crippen LogP contribution in [-0.2, 0) is 0 Å². The average Bonchev–Trinajstić information content (AvgIpc) is 2.60. The molecule has 24 heavy (non-hydrogen) atoms. The van der Waals surface area contributed by atoms with Crippen LogP contribution in [0.2, 0.25) is 0 Å². The lowest BCUT2D eigenvalue weighted by atomic mass is 10.2. The highest BCUT2D eigenvalue weighted by Crippen LogP contribution is 2.30. The fraction of sp³-hybridized carbons (Fsp3) is 0.188. The van der Waals surface area contributed by atoms with Crippen molar-refractivity contribution in [3.63, 3.8) is 0 Å². The normalized spacial score (nSPS) is 15.4. The van der Waals surface area contributed by atoms with E-state index in [2.05, 4.69) is 10.6 Å². The van der Waals surface area contributed by atoms with Crippen LogP contribution in [0.15, 0.2) is 48.5 Å². The molecule has 0 aromatic heterocycles. The highest BCUT2D eigenvalue weighted by Gasteiger charge is 2.21. The third-order valence-corrected chi connectivity index (χ3v) is 3.37. The van der Waals surface area contributed by atoms with Crippen molar-refractivity contribution >= 4 is 17.4 Å². The van der Waals surface area contributed by atoms with Gasteiger partial charge in [0.05, 0.1) is 11.5 Å². The smallest absolute Gasteiger partial charge is 0.319 e. The number of rotatable bonds is 4. The Morgan fingerprint density at radius 3 is 2.79 bits per heavy atom. The van der Waals surface area contributed by atoms with E-state index in [-0.39, 0.29) is 18.3 Å². The zero-order valence-electron chi connectivity index (χ0n) is 12.6. The summed E-state index contributed by atoms with van der Waals surface area (Å²) in [6.45, 7) is 0.573. The predicted octanol–water partition coefficient (Wildman–Crippen LogP) is 2.56. The van der Waals surface area contributed by atoms with Crippen molar-refractivity contribution < 1.29 is 19.2 Å². The molecule has 8 nitrogen and oxygen atoms in total. The molecule has 0 unspecified atom stereocenters. The summed E-state index contributed by atoms with van der Waals surface area (Å²) in [4.78, 5) is 22.1. The maximum atomic E-state index is 11.9. The second-order valence-corrected chi connectivity index (χ2v) is 5.14. The molecule has 2 aromatic carbocycles. The number of amides is 2. The van der Waals surface area contributed by atoms with Gasteiger partial charge in [0.15, 0.2) is 17.6 Å². The number of urea groups is 1. The molecule has 0 aliphatic carbocycles. The largest absolute Gasteiger partial charge is 0.486 e. The number of hydrogen-bond acceptors (Lipinski definition) is 5. The van der Waals surface area contributed by atoms with Crippen LogP contribution in [0.4, 0.5) is 16.2 Å². The third kappa shape index (κ3) is 3.72. The van der Waals surface area contributed by atoms with Gasteiger partial charge in [0, 0.05) is 17.8 Å². The minimum absolute atomic E-state index is 0.0894. The molecule has 2 N–H and O–H groups in total. The number of nitro benzene ring substituents is 1. The topological polar surface area (TPSA) is 103 Å². The van der Waals surface area contributed by atoms with Crippen molar-refractivity contribution in [2.24, 2.45) is 0 Å². The zero-order valence-corrected chi connectivity index (χ0v) is 12.6. The minimum atomic E-state index is -0.520. The first-order valence-electron chi connectivity index (χ1n) is 7.29. The molecule has 1 heterocycles. The van der Waals surface area contributed by atoms with Gasteiger partial charge in [-0.25, -0.2) is 4.79 Å². The van der Waals surface area contributed by atoms with Gasteiger partial charge in [0.2, 0.25) is 0 Å². The fourth-order valence-electron chi connectivity index (χ4n) is 2.24. The van der Waals surface area contributed by atoms with E-state index < -0.39 is 11.0 Å². The summed E-state index contributed by atoms with van der Waals surface area (Å²) < 4.78 is 11.3. The maximum Gasteiger partial charge on any atom is 0.319 e. The number of carbonyl (C=O) groups is 1. The monoisotopic (exact) mass is 329 g/mol. The van der Waals surface area contributed by atoms with Crippen molar-refractivity contribution in [1.29, 1.82) is 0 Å². The summed E-state index contributed by atoms with van der Waals surface area (Å²) in [5.74, 6) is 1.31. The first-order chi connectivity index (χ1) is 11.6. The van der Waals surface area contributed by atoms with Crippen LogP contribution in [0.25, 0.3) is 0 Å². The van der Waals surface area contributed by atoms with Gasteiger partial charge < -0.3 is 20.1 Å². The molecular formula is C16H15N3O5. The number of fused-ring (bicyclic) bond motifs is 1. The molecule has 0 fully saturated rings. The lowest BCUT2D eigenvalue weighted by Crippen LogP contribution is -2.42. The Hall–Kier alpha value is -3.29. The standard InChI is InChI=1S/C16H15N3O5/c20-16(18-11-4-3-5-12(8-11)19(21)22)17-9-13-10-23-14-6-1-2-7-15(14)24-13/h1-8,13H,9-10H2,(H2,17,18,20)/t13-/m1/s1. The second-order valence-electron chi connectivity index (χ2n) is 5.14. The van der Waals surface area contributed by atoms with Gasteiger partial charge in [-0.3, -0.25) is 10.1 Å². The Balaban J connectivity index is 1.51. The van der Waals surface area contributed by atoms with E-state index in [4.69, 9.17) is 9.47 Å². The number of nitrogens with zero attached hydrogens (tertiary/aromatic N) is 1. The highest BCUT2D eigenvalue weighted by molar-refractivity contribution is 5.89. The van der Waals surface area contributed by atoms with Gasteiger partial charge in [-0.15, -0.1) is 0 Å². The second kappa shape index (κ2) is 6.86. The molecule has 3 rings (SSSR count). The molecule has 0 bridgehead atoms. The van der Waals surface area contributed by atoms with Gasteiger partial charge in [-0.1, -0.05) is 18.2 Å². The molecule has 2 aromatic rings. The first kappa shape index (κ1) is 15.6. The van der Waals surface area contributed by atoms with E-state index in [9.17, 15) is 14.9 Å². The van der Waals surface area contributed by atoms with Crippen molar-refractivity contribution in [1.82, 2.24) is 5.32 Å². The van der Waals surface area contributed by atoms with E-state index in [0.29, 0.717) is 23.8 Å². The van der Waals surface area contributed by atoms with E-state index >= 15 is 0 Å². The third-order valence-electron chi connectivity index (χ3n) is 3.37. The summed E-state index contributed by atoms with van der Waals surface area (Å²) in [5, 5.41) is 15.9. The Bertz CT molecular complexity index is 765. The van der Waals surface area contributed by atoms with E-state index in [1.165, 1.54) is 18.2 Å². The Labute approximate surface area is 137 Å². The summed E-state index contributed by atoms with van der Waals surface area (Å²) >= 11 is 0. The minimum Gasteiger partial charge on any atom is -0.486 e. The van der Waals surface area contributed by atoms with Gasteiger partial charge in [-0.2, -0.15) is 0 Å². The summed E-state index contributed by atoms with van der Waals surface area (Å²) in [6.07, 6.45) is -0.309. The number of nitrogens with one attached hydrogen (secondary N) is 2. The van der Waals surface area contributed by atoms with Gasteiger partial charge in [0.1, 0.15) is 6.61 Å². The number of ether oxygens (including phenoxy) is 2. The van der Waals surface area contributed by atoms with E-state index in [1.807, 2.05) is 18.2 Å². The van der Waals surface area contributed by atoms with Crippen LogP contribution in [0, 0.1) is 10.1 Å². The molecule has 1 aliphatic heterocycles. The Kier molecular flexibility index (Phi) is 4.46. The lowest BCUT2D eigenvalue weighted by Gasteiger charge is -2.26. The Morgan fingerprint density at radius 1 is 1.21 bits per heavy atom. The maximum absolute atomic E-state index is 11.9. The van der Waals surface area contributed by atoms with Crippen LogP contribution < -0.4 is 20.1 Å². The van der Waals surface area contributed by atoms with Crippen molar-refractivity contribution in [3.8, 4) is 11.5 Å². The number of anilines is 1. The molecule has 1 atom stereocenters. The number of carbonyl (C=O) groups excluding carboxylic acids is 1. The van der Waals surface area contributed by atoms with Gasteiger partial charge in [-0.05, 0) is 18.2 Å². The van der Waals surface area contributed by atoms with Crippen LogP contribution in [0.1, 0.15) is 0 Å². The van der Waals surface area contributed by atoms with E-state index in [0.717, 1.165) is 0 Å². The molecule has 8 heteroatoms. The predicted molar refractivity (Wildman–Crippen MR) is 86.5 cm³/mol. The molecule has 2 amide bonds. The number of benzene rings is 2. The van der Waals surface area contributed by atoms with Crippen LogP contribution in [-0.4, -0.2) is 30.2 Å². The SMILES string of the molecule is O=C(NC[C@@H]1COc2ccccc2O1)Nc1cccc([N+](=O)[O-])c1. The summed E-state index contributed by atoms with van der Waals surface area (Å²) in [6, 6.07) is 12.5. The number of non-ortho nitro benzene ring substituents is 1. The summed E-state index contributed by atoms with van der Waals surface area (Å²) in [5.41, 5.74) is 0.251. The number of hydrogen-bond donors (Lipinski definition) is 2. The van der Waals surface area contributed by atoms with Gasteiger partial charge >= 0.3 is 6.03 Å². The molecular weight excluding hydrogens is 314 g/mol. The molecule has 1 aliphatic rings. The fourth-order valence-corrected chi connectivity index (χ4v) is 2.24. The van der Waals surface area contributed by atoms with Crippen molar-refractivity contribution in [3.05, 3.63) is 58.6 Å². The summed E-state index contributed by atoms with van der Waals surface area (Å²) in [7, 11) is 0. The van der Waals surface area contributed by atoms with Crippen LogP contribution in [0.3, 0.4) is 0 Å². The number of nitro groups is 1. The molecule has 0 saturated carbocycles. The van der Waals surface area contributed by atoms with Crippen LogP contribution in [0.5, 0.6) is 11.5 Å². The van der Waals surface area contributed by atoms with Crippen LogP contribution >= 0.6 is 0 Å². The quantitative estimate of drug-likeness (QED) is 0.663. The van der Waals surface area contributed by atoms with Gasteiger partial charge in [0.25, 0.3) is 5.69 Å². The van der Waals surface area contributed by atoms with Crippen molar-refractivity contribution in [2.45, 2.75) is 6.10 Å². The van der Waals surface area contributed by atoms with Crippen molar-refractivity contribution in [2.75, 3.05) is 18.5 Å². The highest BCUT2D eigenvalue weighted by atomic mass is 16.6. The average molecular weight is 329 g/mol. The molecule has 124 valence electrons. The zero-order chi connectivity index (χ0) is 16.9. The first-order valence-corrected chi connectivity index (χ1v) is 7.29. The Morgan fingerprint density at radius 2 is 2.00 bits per heavy atom. The van der Waals surface area contributed by atoms with E-state index in [1.54, 1.807) is 12.1 Å². The number of para-hydroxylation sites is 2. The molecule has 0 radical (unpaired) electrons. The lowest BCUT2D eigenvalue weighted by molar-refractivity contribution is -0.384. The molecule has 0 spiro atoms. The molecule has 0 saturated heterocycles.